The maximum absolute atomic E-state index is 13.2. The molecule has 2 N–H and O–H groups in total. The fourth-order valence-electron chi connectivity index (χ4n) is 2.50. The topological polar surface area (TPSA) is 100 Å². The lowest BCUT2D eigenvalue weighted by Gasteiger charge is -2.27. The molecule has 1 saturated carbocycles. The summed E-state index contributed by atoms with van der Waals surface area (Å²) in [4.78, 5) is 0. The molecule has 7 nitrogen and oxygen atoms in total. The lowest BCUT2D eigenvalue weighted by atomic mass is 9.86. The smallest absolute Gasteiger partial charge is 0.273 e. The zero-order valence-corrected chi connectivity index (χ0v) is 12.4. The predicted molar refractivity (Wildman–Crippen MR) is 69.4 cm³/mol. The van der Waals surface area contributed by atoms with Gasteiger partial charge in [-0.3, -0.25) is 4.57 Å². The van der Waals surface area contributed by atoms with Gasteiger partial charge in [-0.05, 0) is 12.8 Å². The van der Waals surface area contributed by atoms with E-state index in [2.05, 4.69) is 10.2 Å². The number of hydrogen-bond donors (Lipinski definition) is 1. The maximum atomic E-state index is 13.2. The molecule has 0 radical (unpaired) electrons. The molecule has 1 fully saturated rings. The number of rotatable bonds is 5. The van der Waals surface area contributed by atoms with Crippen LogP contribution in [0.1, 0.15) is 37.4 Å². The summed E-state index contributed by atoms with van der Waals surface area (Å²) in [6.07, 6.45) is 0.00446. The molecule has 0 aromatic carbocycles. The normalized spacial score (nSPS) is 19.8. The van der Waals surface area contributed by atoms with Gasteiger partial charge >= 0.3 is 0 Å². The van der Waals surface area contributed by atoms with E-state index in [1.165, 1.54) is 11.7 Å². The van der Waals surface area contributed by atoms with E-state index in [0.717, 1.165) is 0 Å². The standard InChI is InChI=1S/C11H18F2N4O3S/c1-20-7-6-17-9(15-16-10(17)21(14,18)19)8-2-4-11(12,13)5-3-8/h8H,2-7H2,1H3,(H2,14,18,19). The predicted octanol–water partition coefficient (Wildman–Crippen LogP) is 0.865. The molecular formula is C11H18F2N4O3S. The van der Waals surface area contributed by atoms with Crippen LogP contribution in [0, 0.1) is 0 Å². The maximum Gasteiger partial charge on any atom is 0.273 e. The number of sulfonamides is 1. The van der Waals surface area contributed by atoms with E-state index in [1.807, 2.05) is 0 Å². The molecule has 0 bridgehead atoms. The second-order valence-corrected chi connectivity index (χ2v) is 6.62. The van der Waals surface area contributed by atoms with Crippen LogP contribution < -0.4 is 5.14 Å². The first-order valence-corrected chi connectivity index (χ1v) is 8.12. The van der Waals surface area contributed by atoms with Crippen LogP contribution in [0.15, 0.2) is 5.16 Å². The first-order valence-electron chi connectivity index (χ1n) is 6.57. The Bertz CT molecular complexity index is 593. The summed E-state index contributed by atoms with van der Waals surface area (Å²) in [5, 5.41) is 12.2. The summed E-state index contributed by atoms with van der Waals surface area (Å²) >= 11 is 0. The molecule has 0 amide bonds. The second-order valence-electron chi connectivity index (χ2n) is 5.16. The number of hydrogen-bond acceptors (Lipinski definition) is 5. The van der Waals surface area contributed by atoms with Gasteiger partial charge < -0.3 is 4.74 Å². The van der Waals surface area contributed by atoms with E-state index in [1.54, 1.807) is 0 Å². The third-order valence-electron chi connectivity index (χ3n) is 3.60. The van der Waals surface area contributed by atoms with Crippen LogP contribution in [0.4, 0.5) is 8.78 Å². The van der Waals surface area contributed by atoms with Gasteiger partial charge in [0.05, 0.1) is 6.61 Å². The molecular weight excluding hydrogens is 306 g/mol. The number of methoxy groups -OCH3 is 1. The highest BCUT2D eigenvalue weighted by Crippen LogP contribution is 2.40. The van der Waals surface area contributed by atoms with Gasteiger partial charge in [-0.15, -0.1) is 10.2 Å². The van der Waals surface area contributed by atoms with E-state index >= 15 is 0 Å². The zero-order chi connectivity index (χ0) is 15.7. The highest BCUT2D eigenvalue weighted by Gasteiger charge is 2.37. The van der Waals surface area contributed by atoms with Crippen molar-refractivity contribution >= 4 is 10.0 Å². The Labute approximate surface area is 121 Å². The van der Waals surface area contributed by atoms with Gasteiger partial charge in [-0.25, -0.2) is 22.3 Å². The minimum absolute atomic E-state index is 0.206. The minimum atomic E-state index is -4.02. The van der Waals surface area contributed by atoms with Crippen molar-refractivity contribution in [2.75, 3.05) is 13.7 Å². The molecule has 0 aliphatic heterocycles. The lowest BCUT2D eigenvalue weighted by Crippen LogP contribution is -2.26. The van der Waals surface area contributed by atoms with E-state index in [-0.39, 0.29) is 49.9 Å². The first kappa shape index (κ1) is 16.2. The Morgan fingerprint density at radius 2 is 2.00 bits per heavy atom. The summed E-state index contributed by atoms with van der Waals surface area (Å²) in [7, 11) is -2.54. The van der Waals surface area contributed by atoms with E-state index in [4.69, 9.17) is 9.88 Å². The lowest BCUT2D eigenvalue weighted by molar-refractivity contribution is -0.0391. The van der Waals surface area contributed by atoms with E-state index in [0.29, 0.717) is 5.82 Å². The minimum Gasteiger partial charge on any atom is -0.383 e. The average Bonchev–Trinajstić information content (AvgIpc) is 2.80. The number of alkyl halides is 2. The second kappa shape index (κ2) is 5.93. The molecule has 1 aliphatic carbocycles. The summed E-state index contributed by atoms with van der Waals surface area (Å²) in [6.45, 7) is 0.452. The average molecular weight is 324 g/mol. The van der Waals surface area contributed by atoms with Gasteiger partial charge in [0.25, 0.3) is 15.2 Å². The van der Waals surface area contributed by atoms with Crippen molar-refractivity contribution in [1.29, 1.82) is 0 Å². The first-order chi connectivity index (χ1) is 9.74. The van der Waals surface area contributed by atoms with E-state index in [9.17, 15) is 17.2 Å². The van der Waals surface area contributed by atoms with Crippen LogP contribution >= 0.6 is 0 Å². The van der Waals surface area contributed by atoms with Crippen molar-refractivity contribution in [3.8, 4) is 0 Å². The van der Waals surface area contributed by atoms with Crippen LogP contribution in [0.5, 0.6) is 0 Å². The van der Waals surface area contributed by atoms with Crippen molar-refractivity contribution in [3.63, 3.8) is 0 Å². The Kier molecular flexibility index (Phi) is 4.59. The molecule has 21 heavy (non-hydrogen) atoms. The van der Waals surface area contributed by atoms with Gasteiger partial charge in [0, 0.05) is 32.4 Å². The molecule has 0 spiro atoms. The molecule has 1 aliphatic rings. The van der Waals surface area contributed by atoms with Crippen molar-refractivity contribution in [3.05, 3.63) is 5.82 Å². The fourth-order valence-corrected chi connectivity index (χ4v) is 3.15. The Balaban J connectivity index is 2.29. The fraction of sp³-hybridized carbons (Fsp3) is 0.818. The summed E-state index contributed by atoms with van der Waals surface area (Å²) in [6, 6.07) is 0. The highest BCUT2D eigenvalue weighted by atomic mass is 32.2. The van der Waals surface area contributed by atoms with Crippen molar-refractivity contribution < 1.29 is 21.9 Å². The van der Waals surface area contributed by atoms with Crippen LogP contribution in [0.25, 0.3) is 0 Å². The van der Waals surface area contributed by atoms with Crippen LogP contribution in [-0.2, 0) is 21.3 Å². The molecule has 0 saturated heterocycles. The molecule has 1 heterocycles. The zero-order valence-electron chi connectivity index (χ0n) is 11.6. The number of ether oxygens (including phenoxy) is 1. The Morgan fingerprint density at radius 3 is 2.52 bits per heavy atom. The van der Waals surface area contributed by atoms with Gasteiger partial charge in [-0.2, -0.15) is 0 Å². The van der Waals surface area contributed by atoms with Crippen LogP contribution in [0.3, 0.4) is 0 Å². The molecule has 10 heteroatoms. The molecule has 1 aromatic rings. The number of nitrogens with two attached hydrogens (primary N) is 1. The summed E-state index contributed by atoms with van der Waals surface area (Å²) < 4.78 is 55.7. The Hall–Kier alpha value is -1.13. The molecule has 1 aromatic heterocycles. The van der Waals surface area contributed by atoms with Crippen LogP contribution in [0.2, 0.25) is 0 Å². The third kappa shape index (κ3) is 3.74. The van der Waals surface area contributed by atoms with Crippen LogP contribution in [-0.4, -0.2) is 42.8 Å². The molecule has 2 rings (SSSR count). The number of halogens is 2. The quantitative estimate of drug-likeness (QED) is 0.866. The largest absolute Gasteiger partial charge is 0.383 e. The summed E-state index contributed by atoms with van der Waals surface area (Å²) in [5.41, 5.74) is 0. The summed E-state index contributed by atoms with van der Waals surface area (Å²) in [5.74, 6) is -2.52. The van der Waals surface area contributed by atoms with Crippen molar-refractivity contribution in [2.45, 2.75) is 49.2 Å². The van der Waals surface area contributed by atoms with Gasteiger partial charge in [0.1, 0.15) is 5.82 Å². The molecule has 0 unspecified atom stereocenters. The van der Waals surface area contributed by atoms with Gasteiger partial charge in [0.2, 0.25) is 5.92 Å². The number of aromatic nitrogens is 3. The highest BCUT2D eigenvalue weighted by molar-refractivity contribution is 7.89. The molecule has 0 atom stereocenters. The van der Waals surface area contributed by atoms with E-state index < -0.39 is 15.9 Å². The van der Waals surface area contributed by atoms with Gasteiger partial charge in [-0.1, -0.05) is 0 Å². The number of primary sulfonamides is 1. The third-order valence-corrected chi connectivity index (χ3v) is 4.41. The monoisotopic (exact) mass is 324 g/mol. The van der Waals surface area contributed by atoms with Crippen molar-refractivity contribution in [1.82, 2.24) is 14.8 Å². The molecule has 120 valence electrons. The SMILES string of the molecule is COCCn1c(C2CCC(F)(F)CC2)nnc1S(N)(=O)=O. The van der Waals surface area contributed by atoms with Gasteiger partial charge in [0.15, 0.2) is 0 Å². The Morgan fingerprint density at radius 1 is 1.38 bits per heavy atom. The van der Waals surface area contributed by atoms with Crippen molar-refractivity contribution in [2.24, 2.45) is 5.14 Å². The number of nitrogens with zero attached hydrogens (tertiary/aromatic N) is 3.